The van der Waals surface area contributed by atoms with Crippen molar-refractivity contribution in [3.05, 3.63) is 34.3 Å². The Morgan fingerprint density at radius 2 is 1.86 bits per heavy atom. The number of carbonyl (C=O) groups is 4. The highest BCUT2D eigenvalue weighted by Crippen LogP contribution is 2.21. The molecule has 0 bridgehead atoms. The monoisotopic (exact) mass is 568 g/mol. The number of rotatable bonds is 12. The number of amides is 3. The van der Waals surface area contributed by atoms with Crippen LogP contribution in [-0.4, -0.2) is 72.3 Å². The summed E-state index contributed by atoms with van der Waals surface area (Å²) < 4.78 is 13.9. The van der Waals surface area contributed by atoms with Crippen LogP contribution in [0.25, 0.3) is 0 Å². The van der Waals surface area contributed by atoms with E-state index < -0.39 is 42.4 Å². The molecule has 0 spiro atoms. The molecule has 10 nitrogen and oxygen atoms in total. The lowest BCUT2D eigenvalue weighted by Crippen LogP contribution is -2.56. The molecule has 3 amide bonds. The van der Waals surface area contributed by atoms with Gasteiger partial charge in [0.1, 0.15) is 18.8 Å². The van der Waals surface area contributed by atoms with Gasteiger partial charge in [0.2, 0.25) is 11.8 Å². The van der Waals surface area contributed by atoms with Crippen molar-refractivity contribution in [2.24, 2.45) is 11.7 Å². The topological polar surface area (TPSA) is 157 Å². The first-order valence-electron chi connectivity index (χ1n) is 11.9. The van der Waals surface area contributed by atoms with Gasteiger partial charge in [-0.05, 0) is 55.9 Å². The van der Waals surface area contributed by atoms with Crippen LogP contribution in [0.15, 0.2) is 28.7 Å². The molecule has 6 N–H and O–H groups in total. The summed E-state index contributed by atoms with van der Waals surface area (Å²) in [7, 11) is 0. The lowest BCUT2D eigenvalue weighted by Gasteiger charge is -2.31. The smallest absolute Gasteiger partial charge is 0.251 e. The summed E-state index contributed by atoms with van der Waals surface area (Å²) >= 11 is 3.32. The van der Waals surface area contributed by atoms with E-state index >= 15 is 0 Å². The molecule has 2 rings (SSSR count). The molecule has 1 fully saturated rings. The molecule has 3 atom stereocenters. The normalized spacial score (nSPS) is 16.8. The molecule has 1 aliphatic rings. The van der Waals surface area contributed by atoms with Crippen molar-refractivity contribution in [3.8, 4) is 0 Å². The van der Waals surface area contributed by atoms with Crippen LogP contribution in [0.2, 0.25) is 0 Å². The van der Waals surface area contributed by atoms with Crippen LogP contribution < -0.4 is 21.7 Å². The number of hydrogen-bond acceptors (Lipinski definition) is 5. The summed E-state index contributed by atoms with van der Waals surface area (Å²) in [6.07, 6.45) is 1.51. The van der Waals surface area contributed by atoms with Gasteiger partial charge in [-0.15, -0.1) is 0 Å². The second-order valence-corrected chi connectivity index (χ2v) is 9.95. The fraction of sp³-hybridized carbons (Fsp3) is 0.542. The van der Waals surface area contributed by atoms with Gasteiger partial charge in [-0.25, -0.2) is 4.39 Å². The maximum Gasteiger partial charge on any atom is 0.251 e. The highest BCUT2D eigenvalue weighted by Gasteiger charge is 2.39. The molecule has 1 aromatic carbocycles. The fourth-order valence-corrected chi connectivity index (χ4v) is 4.29. The number of nitrogens with one attached hydrogen (secondary N) is 4. The number of ketones is 1. The Hall–Kier alpha value is -3.02. The third-order valence-electron chi connectivity index (χ3n) is 5.99. The van der Waals surface area contributed by atoms with Gasteiger partial charge in [0.15, 0.2) is 11.7 Å². The van der Waals surface area contributed by atoms with Crippen LogP contribution in [0.5, 0.6) is 0 Å². The Bertz CT molecular complexity index is 958. The number of alkyl halides is 1. The van der Waals surface area contributed by atoms with Crippen molar-refractivity contribution in [2.75, 3.05) is 19.8 Å². The van der Waals surface area contributed by atoms with Crippen LogP contribution in [0.1, 0.15) is 49.9 Å². The van der Waals surface area contributed by atoms with Crippen molar-refractivity contribution >= 4 is 45.4 Å². The van der Waals surface area contributed by atoms with Crippen molar-refractivity contribution < 1.29 is 23.6 Å². The Labute approximate surface area is 218 Å². The van der Waals surface area contributed by atoms with Gasteiger partial charge in [-0.3, -0.25) is 24.6 Å². The minimum atomic E-state index is -1.23. The van der Waals surface area contributed by atoms with Crippen molar-refractivity contribution in [1.82, 2.24) is 20.9 Å². The lowest BCUT2D eigenvalue weighted by molar-refractivity contribution is -0.141. The molecular weight excluding hydrogens is 535 g/mol. The molecule has 0 saturated carbocycles. The number of Topliss-reactive ketones (excluding diaryl/α,β-unsaturated/α-hetero) is 1. The predicted molar refractivity (Wildman–Crippen MR) is 137 cm³/mol. The average molecular weight is 569 g/mol. The van der Waals surface area contributed by atoms with Crippen LogP contribution in [0.4, 0.5) is 4.39 Å². The van der Waals surface area contributed by atoms with Crippen LogP contribution in [-0.2, 0) is 14.4 Å². The second kappa shape index (κ2) is 13.9. The Kier molecular flexibility index (Phi) is 11.3. The summed E-state index contributed by atoms with van der Waals surface area (Å²) in [6.45, 7) is 3.01. The number of hydrogen-bond donors (Lipinski definition) is 5. The van der Waals surface area contributed by atoms with Gasteiger partial charge >= 0.3 is 0 Å². The number of nitrogens with two attached hydrogens (primary N) is 1. The van der Waals surface area contributed by atoms with E-state index in [2.05, 4.69) is 31.9 Å². The molecule has 1 unspecified atom stereocenters. The number of nitrogens with zero attached hydrogens (tertiary/aromatic N) is 1. The first kappa shape index (κ1) is 29.2. The average Bonchev–Trinajstić information content (AvgIpc) is 3.33. The molecular formula is C24H34BrFN6O4. The molecule has 198 valence electrons. The second-order valence-electron chi connectivity index (χ2n) is 9.04. The maximum atomic E-state index is 13.4. The van der Waals surface area contributed by atoms with Crippen molar-refractivity contribution in [3.63, 3.8) is 0 Å². The lowest BCUT2D eigenvalue weighted by atomic mass is 10.0. The minimum absolute atomic E-state index is 0.160. The predicted octanol–water partition coefficient (Wildman–Crippen LogP) is 1.48. The molecule has 12 heteroatoms. The summed E-state index contributed by atoms with van der Waals surface area (Å²) in [4.78, 5) is 52.7. The minimum Gasteiger partial charge on any atom is -0.370 e. The van der Waals surface area contributed by atoms with Gasteiger partial charge in [0, 0.05) is 23.1 Å². The van der Waals surface area contributed by atoms with Crippen LogP contribution >= 0.6 is 15.9 Å². The van der Waals surface area contributed by atoms with Crippen molar-refractivity contribution in [2.45, 2.75) is 57.7 Å². The zero-order valence-corrected chi connectivity index (χ0v) is 22.1. The van der Waals surface area contributed by atoms with E-state index in [0.717, 1.165) is 4.47 Å². The highest BCUT2D eigenvalue weighted by molar-refractivity contribution is 9.10. The van der Waals surface area contributed by atoms with E-state index in [0.29, 0.717) is 37.9 Å². The summed E-state index contributed by atoms with van der Waals surface area (Å²) in [6, 6.07) is 4.01. The van der Waals surface area contributed by atoms with E-state index in [9.17, 15) is 23.6 Å². The van der Waals surface area contributed by atoms with Gasteiger partial charge < -0.3 is 26.6 Å². The molecule has 1 saturated heterocycles. The van der Waals surface area contributed by atoms with Crippen LogP contribution in [0, 0.1) is 11.3 Å². The van der Waals surface area contributed by atoms with E-state index in [-0.39, 0.29) is 24.2 Å². The van der Waals surface area contributed by atoms with Crippen LogP contribution in [0.3, 0.4) is 0 Å². The van der Waals surface area contributed by atoms with E-state index in [1.807, 2.05) is 0 Å². The van der Waals surface area contributed by atoms with E-state index in [4.69, 9.17) is 11.1 Å². The number of benzene rings is 1. The van der Waals surface area contributed by atoms with Gasteiger partial charge in [0.05, 0.1) is 6.04 Å². The summed E-state index contributed by atoms with van der Waals surface area (Å²) in [5, 5.41) is 15.1. The fourth-order valence-electron chi connectivity index (χ4n) is 4.03. The van der Waals surface area contributed by atoms with Gasteiger partial charge in [-0.2, -0.15) is 0 Å². The Morgan fingerprint density at radius 3 is 2.44 bits per heavy atom. The largest absolute Gasteiger partial charge is 0.370 e. The first-order valence-corrected chi connectivity index (χ1v) is 12.7. The Balaban J connectivity index is 2.08. The van der Waals surface area contributed by atoms with E-state index in [1.54, 1.807) is 38.1 Å². The standard InChI is InChI=1S/C24H34BrFN6O4/c1-14(2)20(31-21(34)15-7-9-16(25)10-8-15)23(36)32-12-4-6-18(32)22(35)30-17(19(33)13-26)5-3-11-29-24(27)28/h7-10,14,17-18,20H,3-6,11-13H2,1-2H3,(H,30,35)(H,31,34)(H4,27,28,29)/t17-,18-,20?/m0/s1. The molecule has 1 aromatic rings. The van der Waals surface area contributed by atoms with Crippen molar-refractivity contribution in [1.29, 1.82) is 5.41 Å². The molecule has 0 aliphatic carbocycles. The summed E-state index contributed by atoms with van der Waals surface area (Å²) in [5.74, 6) is -2.54. The number of halogens is 2. The first-order chi connectivity index (χ1) is 17.0. The highest BCUT2D eigenvalue weighted by atomic mass is 79.9. The summed E-state index contributed by atoms with van der Waals surface area (Å²) in [5.41, 5.74) is 5.63. The van der Waals surface area contributed by atoms with Gasteiger partial charge in [0.25, 0.3) is 5.91 Å². The number of likely N-dealkylation sites (tertiary alicyclic amines) is 1. The molecule has 36 heavy (non-hydrogen) atoms. The zero-order chi connectivity index (χ0) is 26.8. The van der Waals surface area contributed by atoms with E-state index in [1.165, 1.54) is 4.90 Å². The number of carbonyl (C=O) groups excluding carboxylic acids is 4. The molecule has 0 radical (unpaired) electrons. The molecule has 1 aliphatic heterocycles. The maximum absolute atomic E-state index is 13.4. The quantitative estimate of drug-likeness (QED) is 0.146. The van der Waals surface area contributed by atoms with Gasteiger partial charge in [-0.1, -0.05) is 29.8 Å². The third kappa shape index (κ3) is 8.28. The zero-order valence-electron chi connectivity index (χ0n) is 20.5. The Morgan fingerprint density at radius 1 is 1.19 bits per heavy atom. The SMILES string of the molecule is CC(C)C(NC(=O)c1ccc(Br)cc1)C(=O)N1CCC[C@H]1C(=O)N[C@@H](CCCNC(=N)N)C(=O)CF. The molecule has 1 heterocycles. The molecule has 0 aromatic heterocycles. The third-order valence-corrected chi connectivity index (χ3v) is 6.51. The number of guanidine groups is 1.